The zero-order chi connectivity index (χ0) is 14.6. The molecule has 1 atom stereocenters. The number of rotatable bonds is 5. The highest BCUT2D eigenvalue weighted by atomic mass is 19.4. The lowest BCUT2D eigenvalue weighted by Crippen LogP contribution is -2.13. The molecule has 0 amide bonds. The van der Waals surface area contributed by atoms with Gasteiger partial charge >= 0.3 is 6.18 Å². The maximum atomic E-state index is 12.9. The maximum Gasteiger partial charge on any atom is 0.416 e. The third-order valence-corrected chi connectivity index (χ3v) is 2.94. The van der Waals surface area contributed by atoms with Crippen molar-refractivity contribution in [2.75, 3.05) is 0 Å². The van der Waals surface area contributed by atoms with E-state index in [1.807, 2.05) is 13.8 Å². The molecule has 0 bridgehead atoms. The highest BCUT2D eigenvalue weighted by Gasteiger charge is 2.35. The minimum Gasteiger partial charge on any atom is -0.388 e. The Morgan fingerprint density at radius 2 is 1.79 bits per heavy atom. The van der Waals surface area contributed by atoms with E-state index in [2.05, 4.69) is 0 Å². The van der Waals surface area contributed by atoms with Crippen LogP contribution in [-0.4, -0.2) is 5.11 Å². The summed E-state index contributed by atoms with van der Waals surface area (Å²) in [5.74, 6) is -0.520. The highest BCUT2D eigenvalue weighted by Crippen LogP contribution is 2.36. The van der Waals surface area contributed by atoms with Crippen LogP contribution >= 0.6 is 0 Å². The number of aliphatic hydroxyl groups is 1. The second kappa shape index (κ2) is 6.37. The molecule has 108 valence electrons. The number of hydrogen-bond acceptors (Lipinski definition) is 1. The molecule has 1 rings (SSSR count). The third kappa shape index (κ3) is 4.82. The molecule has 1 aromatic rings. The van der Waals surface area contributed by atoms with Crippen LogP contribution in [0.4, 0.5) is 17.6 Å². The van der Waals surface area contributed by atoms with Crippen molar-refractivity contribution in [3.05, 3.63) is 35.1 Å². The van der Waals surface area contributed by atoms with E-state index in [9.17, 15) is 22.7 Å². The van der Waals surface area contributed by atoms with Crippen molar-refractivity contribution in [2.45, 2.75) is 45.4 Å². The minimum absolute atomic E-state index is 0.243. The van der Waals surface area contributed by atoms with Crippen LogP contribution in [0.15, 0.2) is 18.2 Å². The van der Waals surface area contributed by atoms with E-state index in [1.54, 1.807) is 0 Å². The first-order chi connectivity index (χ1) is 8.71. The summed E-state index contributed by atoms with van der Waals surface area (Å²) in [7, 11) is 0. The van der Waals surface area contributed by atoms with E-state index in [4.69, 9.17) is 0 Å². The van der Waals surface area contributed by atoms with Gasteiger partial charge in [-0.3, -0.25) is 0 Å². The molecule has 1 N–H and O–H groups in total. The number of benzene rings is 1. The average molecular weight is 278 g/mol. The minimum atomic E-state index is -4.66. The fourth-order valence-corrected chi connectivity index (χ4v) is 1.94. The van der Waals surface area contributed by atoms with Crippen LogP contribution in [0.5, 0.6) is 0 Å². The number of aliphatic hydroxyl groups excluding tert-OH is 1. The molecular formula is C14H18F4O. The van der Waals surface area contributed by atoms with Crippen molar-refractivity contribution in [3.8, 4) is 0 Å². The molecule has 1 nitrogen and oxygen atoms in total. The number of halogens is 4. The van der Waals surface area contributed by atoms with Crippen molar-refractivity contribution in [3.63, 3.8) is 0 Å². The van der Waals surface area contributed by atoms with Gasteiger partial charge in [0.2, 0.25) is 0 Å². The molecule has 0 heterocycles. The topological polar surface area (TPSA) is 20.2 Å². The Morgan fingerprint density at radius 3 is 2.32 bits per heavy atom. The van der Waals surface area contributed by atoms with Gasteiger partial charge in [0.25, 0.3) is 0 Å². The molecule has 0 saturated carbocycles. The van der Waals surface area contributed by atoms with Crippen LogP contribution in [0.1, 0.15) is 50.3 Å². The lowest BCUT2D eigenvalue weighted by molar-refractivity contribution is -0.139. The molecule has 0 saturated heterocycles. The van der Waals surface area contributed by atoms with E-state index in [-0.39, 0.29) is 12.0 Å². The van der Waals surface area contributed by atoms with Crippen LogP contribution in [0.2, 0.25) is 0 Å². The summed E-state index contributed by atoms with van der Waals surface area (Å²) < 4.78 is 51.2. The fourth-order valence-electron chi connectivity index (χ4n) is 1.94. The molecule has 5 heteroatoms. The van der Waals surface area contributed by atoms with E-state index in [1.165, 1.54) is 0 Å². The predicted molar refractivity (Wildman–Crippen MR) is 65.1 cm³/mol. The van der Waals surface area contributed by atoms with Crippen molar-refractivity contribution in [1.82, 2.24) is 0 Å². The summed E-state index contributed by atoms with van der Waals surface area (Å²) in [5, 5.41) is 9.85. The molecule has 0 aliphatic heterocycles. The molecule has 0 aliphatic carbocycles. The molecule has 0 spiro atoms. The second-order valence-corrected chi connectivity index (χ2v) is 5.07. The Balaban J connectivity index is 2.87. The Bertz CT molecular complexity index is 412. The molecule has 1 aromatic carbocycles. The van der Waals surface area contributed by atoms with E-state index in [0.717, 1.165) is 18.6 Å². The zero-order valence-electron chi connectivity index (χ0n) is 11.0. The summed E-state index contributed by atoms with van der Waals surface area (Å²) in [5.41, 5.74) is -1.35. The van der Waals surface area contributed by atoms with E-state index < -0.39 is 23.7 Å². The monoisotopic (exact) mass is 278 g/mol. The Hall–Kier alpha value is -1.10. The maximum absolute atomic E-state index is 12.9. The van der Waals surface area contributed by atoms with Crippen LogP contribution in [0, 0.1) is 11.7 Å². The van der Waals surface area contributed by atoms with Gasteiger partial charge in [0.1, 0.15) is 5.82 Å². The van der Waals surface area contributed by atoms with Gasteiger partial charge < -0.3 is 5.11 Å². The predicted octanol–water partition coefficient (Wildman–Crippen LogP) is 4.70. The molecule has 0 aromatic heterocycles. The lowest BCUT2D eigenvalue weighted by atomic mass is 9.96. The average Bonchev–Trinajstić information content (AvgIpc) is 2.27. The SMILES string of the molecule is CC(C)CCCC(O)c1ccc(F)cc1C(F)(F)F. The second-order valence-electron chi connectivity index (χ2n) is 5.07. The fraction of sp³-hybridized carbons (Fsp3) is 0.571. The van der Waals surface area contributed by atoms with Gasteiger partial charge in [-0.2, -0.15) is 13.2 Å². The lowest BCUT2D eigenvalue weighted by Gasteiger charge is -2.18. The number of hydrogen-bond donors (Lipinski definition) is 1. The van der Waals surface area contributed by atoms with Gasteiger partial charge in [0.15, 0.2) is 0 Å². The van der Waals surface area contributed by atoms with Crippen LogP contribution in [0.25, 0.3) is 0 Å². The highest BCUT2D eigenvalue weighted by molar-refractivity contribution is 5.32. The Labute approximate surface area is 110 Å². The molecule has 0 fully saturated rings. The third-order valence-electron chi connectivity index (χ3n) is 2.94. The first kappa shape index (κ1) is 16.0. The molecular weight excluding hydrogens is 260 g/mol. The molecule has 0 radical (unpaired) electrons. The largest absolute Gasteiger partial charge is 0.416 e. The Morgan fingerprint density at radius 1 is 1.16 bits per heavy atom. The normalized spacial score (nSPS) is 13.9. The van der Waals surface area contributed by atoms with Crippen LogP contribution < -0.4 is 0 Å². The number of alkyl halides is 3. The van der Waals surface area contributed by atoms with Crippen molar-refractivity contribution in [2.24, 2.45) is 5.92 Å². The molecule has 0 aliphatic rings. The first-order valence-electron chi connectivity index (χ1n) is 6.26. The van der Waals surface area contributed by atoms with Crippen molar-refractivity contribution >= 4 is 0 Å². The molecule has 19 heavy (non-hydrogen) atoms. The van der Waals surface area contributed by atoms with Gasteiger partial charge in [-0.15, -0.1) is 0 Å². The van der Waals surface area contributed by atoms with E-state index >= 15 is 0 Å². The quantitative estimate of drug-likeness (QED) is 0.774. The summed E-state index contributed by atoms with van der Waals surface area (Å²) >= 11 is 0. The van der Waals surface area contributed by atoms with Gasteiger partial charge in [-0.05, 0) is 30.0 Å². The zero-order valence-corrected chi connectivity index (χ0v) is 11.0. The molecule has 1 unspecified atom stereocenters. The van der Waals surface area contributed by atoms with Crippen molar-refractivity contribution < 1.29 is 22.7 Å². The summed E-state index contributed by atoms with van der Waals surface area (Å²) in [6, 6.07) is 2.38. The van der Waals surface area contributed by atoms with Gasteiger partial charge in [-0.1, -0.05) is 32.8 Å². The summed E-state index contributed by atoms with van der Waals surface area (Å²) in [4.78, 5) is 0. The van der Waals surface area contributed by atoms with Gasteiger partial charge in [-0.25, -0.2) is 4.39 Å². The van der Waals surface area contributed by atoms with E-state index in [0.29, 0.717) is 18.4 Å². The van der Waals surface area contributed by atoms with Gasteiger partial charge in [0.05, 0.1) is 11.7 Å². The summed E-state index contributed by atoms with van der Waals surface area (Å²) in [6.07, 6.45) is -4.16. The van der Waals surface area contributed by atoms with Gasteiger partial charge in [0, 0.05) is 0 Å². The standard InChI is InChI=1S/C14H18F4O/c1-9(2)4-3-5-13(19)11-7-6-10(15)8-12(11)14(16,17)18/h6-9,13,19H,3-5H2,1-2H3. The van der Waals surface area contributed by atoms with Crippen LogP contribution in [0.3, 0.4) is 0 Å². The summed E-state index contributed by atoms with van der Waals surface area (Å²) in [6.45, 7) is 4.01. The van der Waals surface area contributed by atoms with Crippen molar-refractivity contribution in [1.29, 1.82) is 0 Å². The smallest absolute Gasteiger partial charge is 0.388 e. The first-order valence-corrected chi connectivity index (χ1v) is 6.26. The van der Waals surface area contributed by atoms with Crippen LogP contribution in [-0.2, 0) is 6.18 Å². The Kier molecular flexibility index (Phi) is 5.35.